The first-order valence-electron chi connectivity index (χ1n) is 4.50. The Morgan fingerprint density at radius 3 is 2.77 bits per heavy atom. The van der Waals surface area contributed by atoms with Gasteiger partial charge in [0.05, 0.1) is 5.69 Å². The van der Waals surface area contributed by atoms with Crippen LogP contribution in [0.4, 0.5) is 5.69 Å². The minimum atomic E-state index is 0.793. The van der Waals surface area contributed by atoms with Gasteiger partial charge in [0, 0.05) is 11.8 Å². The smallest absolute Gasteiger partial charge is 0.139 e. The molecule has 0 atom stereocenters. The number of aryl methyl sites for hydroxylation is 2. The van der Waals surface area contributed by atoms with Gasteiger partial charge in [-0.15, -0.1) is 0 Å². The second kappa shape index (κ2) is 2.80. The van der Waals surface area contributed by atoms with Crippen LogP contribution in [0.5, 0.6) is 0 Å². The van der Waals surface area contributed by atoms with E-state index >= 15 is 0 Å². The molecule has 2 rings (SSSR count). The van der Waals surface area contributed by atoms with Crippen LogP contribution in [0.1, 0.15) is 18.2 Å². The molecule has 2 heteroatoms. The van der Waals surface area contributed by atoms with Crippen LogP contribution in [0.15, 0.2) is 22.6 Å². The summed E-state index contributed by atoms with van der Waals surface area (Å²) in [5.74, 6) is 0.893. The van der Waals surface area contributed by atoms with Crippen molar-refractivity contribution in [3.05, 3.63) is 29.5 Å². The number of nitrogens with two attached hydrogens (primary N) is 1. The highest BCUT2D eigenvalue weighted by Crippen LogP contribution is 2.30. The average molecular weight is 175 g/mol. The van der Waals surface area contributed by atoms with Crippen molar-refractivity contribution >= 4 is 16.7 Å². The third-order valence-electron chi connectivity index (χ3n) is 2.35. The number of furan rings is 1. The summed E-state index contributed by atoms with van der Waals surface area (Å²) in [5, 5.41) is 1.04. The van der Waals surface area contributed by atoms with E-state index in [0.717, 1.165) is 34.4 Å². The van der Waals surface area contributed by atoms with Crippen molar-refractivity contribution in [1.29, 1.82) is 0 Å². The van der Waals surface area contributed by atoms with Crippen LogP contribution in [-0.2, 0) is 6.42 Å². The van der Waals surface area contributed by atoms with Crippen LogP contribution in [0.3, 0.4) is 0 Å². The van der Waals surface area contributed by atoms with Crippen LogP contribution in [0, 0.1) is 6.92 Å². The zero-order chi connectivity index (χ0) is 9.42. The van der Waals surface area contributed by atoms with E-state index in [-0.39, 0.29) is 0 Å². The standard InChI is InChI=1S/C11H13NO/c1-3-9-10(12)8-6-4-5-7(2)11(8)13-9/h4-6H,3,12H2,1-2H3. The molecule has 2 nitrogen and oxygen atoms in total. The normalized spacial score (nSPS) is 10.9. The molecule has 13 heavy (non-hydrogen) atoms. The Morgan fingerprint density at radius 2 is 2.15 bits per heavy atom. The Labute approximate surface area is 77.3 Å². The van der Waals surface area contributed by atoms with E-state index in [4.69, 9.17) is 10.2 Å². The van der Waals surface area contributed by atoms with Crippen molar-refractivity contribution in [3.8, 4) is 0 Å². The SMILES string of the molecule is CCc1oc2c(C)cccc2c1N. The van der Waals surface area contributed by atoms with E-state index in [1.807, 2.05) is 32.0 Å². The van der Waals surface area contributed by atoms with Crippen LogP contribution < -0.4 is 5.73 Å². The van der Waals surface area contributed by atoms with Gasteiger partial charge in [-0.05, 0) is 18.6 Å². The topological polar surface area (TPSA) is 39.2 Å². The fraction of sp³-hybridized carbons (Fsp3) is 0.273. The van der Waals surface area contributed by atoms with Gasteiger partial charge < -0.3 is 10.2 Å². The lowest BCUT2D eigenvalue weighted by molar-refractivity contribution is 0.557. The molecule has 0 unspecified atom stereocenters. The first-order valence-corrected chi connectivity index (χ1v) is 4.50. The predicted molar refractivity (Wildman–Crippen MR) is 54.7 cm³/mol. The molecule has 0 bridgehead atoms. The van der Waals surface area contributed by atoms with Gasteiger partial charge in [0.15, 0.2) is 0 Å². The van der Waals surface area contributed by atoms with Crippen molar-refractivity contribution < 1.29 is 4.42 Å². The van der Waals surface area contributed by atoms with Gasteiger partial charge in [0.2, 0.25) is 0 Å². The van der Waals surface area contributed by atoms with Gasteiger partial charge in [-0.3, -0.25) is 0 Å². The monoisotopic (exact) mass is 175 g/mol. The van der Waals surface area contributed by atoms with Crippen molar-refractivity contribution in [2.75, 3.05) is 5.73 Å². The average Bonchev–Trinajstić information content (AvgIpc) is 2.45. The van der Waals surface area contributed by atoms with Gasteiger partial charge >= 0.3 is 0 Å². The summed E-state index contributed by atoms with van der Waals surface area (Å²) in [7, 11) is 0. The molecule has 68 valence electrons. The first kappa shape index (κ1) is 8.17. The number of hydrogen-bond donors (Lipinski definition) is 1. The molecule has 0 aliphatic heterocycles. The summed E-state index contributed by atoms with van der Waals surface area (Å²) in [6, 6.07) is 6.04. The van der Waals surface area contributed by atoms with Crippen LogP contribution in [0.2, 0.25) is 0 Å². The van der Waals surface area contributed by atoms with E-state index in [9.17, 15) is 0 Å². The molecular weight excluding hydrogens is 162 g/mol. The second-order valence-electron chi connectivity index (χ2n) is 3.24. The molecule has 1 heterocycles. The Kier molecular flexibility index (Phi) is 1.76. The van der Waals surface area contributed by atoms with Gasteiger partial charge in [0.1, 0.15) is 11.3 Å². The number of benzene rings is 1. The number of nitrogen functional groups attached to an aromatic ring is 1. The number of para-hydroxylation sites is 1. The van der Waals surface area contributed by atoms with Gasteiger partial charge in [0.25, 0.3) is 0 Å². The van der Waals surface area contributed by atoms with E-state index < -0.39 is 0 Å². The van der Waals surface area contributed by atoms with E-state index in [2.05, 4.69) is 0 Å². The Hall–Kier alpha value is -1.44. The molecule has 0 amide bonds. The van der Waals surface area contributed by atoms with Crippen LogP contribution in [0.25, 0.3) is 11.0 Å². The van der Waals surface area contributed by atoms with Gasteiger partial charge in [-0.1, -0.05) is 19.1 Å². The maximum atomic E-state index is 5.92. The van der Waals surface area contributed by atoms with Crippen molar-refractivity contribution in [2.24, 2.45) is 0 Å². The van der Waals surface area contributed by atoms with Crippen LogP contribution in [-0.4, -0.2) is 0 Å². The highest BCUT2D eigenvalue weighted by atomic mass is 16.3. The van der Waals surface area contributed by atoms with E-state index in [1.54, 1.807) is 0 Å². The number of fused-ring (bicyclic) bond motifs is 1. The molecule has 0 spiro atoms. The fourth-order valence-corrected chi connectivity index (χ4v) is 1.59. The summed E-state index contributed by atoms with van der Waals surface area (Å²) >= 11 is 0. The molecule has 0 fully saturated rings. The summed E-state index contributed by atoms with van der Waals surface area (Å²) < 4.78 is 5.65. The lowest BCUT2D eigenvalue weighted by Crippen LogP contribution is -1.86. The van der Waals surface area contributed by atoms with Crippen molar-refractivity contribution in [3.63, 3.8) is 0 Å². The highest BCUT2D eigenvalue weighted by molar-refractivity contribution is 5.92. The molecule has 1 aromatic heterocycles. The third-order valence-corrected chi connectivity index (χ3v) is 2.35. The molecule has 0 aliphatic rings. The van der Waals surface area contributed by atoms with Gasteiger partial charge in [-0.2, -0.15) is 0 Å². The Bertz CT molecular complexity index is 443. The first-order chi connectivity index (χ1) is 6.24. The Balaban J connectivity index is 2.83. The molecular formula is C11H13NO. The number of anilines is 1. The minimum absolute atomic E-state index is 0.793. The van der Waals surface area contributed by atoms with Gasteiger partial charge in [-0.25, -0.2) is 0 Å². The molecule has 2 N–H and O–H groups in total. The maximum Gasteiger partial charge on any atom is 0.139 e. The Morgan fingerprint density at radius 1 is 1.38 bits per heavy atom. The van der Waals surface area contributed by atoms with Crippen molar-refractivity contribution in [2.45, 2.75) is 20.3 Å². The minimum Gasteiger partial charge on any atom is -0.459 e. The van der Waals surface area contributed by atoms with E-state index in [0.29, 0.717) is 0 Å². The van der Waals surface area contributed by atoms with E-state index in [1.165, 1.54) is 0 Å². The molecule has 0 radical (unpaired) electrons. The molecule has 0 saturated carbocycles. The molecule has 2 aromatic rings. The van der Waals surface area contributed by atoms with Crippen LogP contribution >= 0.6 is 0 Å². The zero-order valence-electron chi connectivity index (χ0n) is 7.92. The summed E-state index contributed by atoms with van der Waals surface area (Å²) in [5.41, 5.74) is 8.79. The fourth-order valence-electron chi connectivity index (χ4n) is 1.59. The quantitative estimate of drug-likeness (QED) is 0.723. The number of hydrogen-bond acceptors (Lipinski definition) is 2. The summed E-state index contributed by atoms with van der Waals surface area (Å²) in [6.45, 7) is 4.08. The predicted octanol–water partition coefficient (Wildman–Crippen LogP) is 2.89. The molecule has 1 aromatic carbocycles. The molecule has 0 saturated heterocycles. The largest absolute Gasteiger partial charge is 0.459 e. The number of rotatable bonds is 1. The lowest BCUT2D eigenvalue weighted by Gasteiger charge is -1.91. The second-order valence-corrected chi connectivity index (χ2v) is 3.24. The maximum absolute atomic E-state index is 5.92. The summed E-state index contributed by atoms with van der Waals surface area (Å²) in [6.07, 6.45) is 0.847. The zero-order valence-corrected chi connectivity index (χ0v) is 7.92. The van der Waals surface area contributed by atoms with Crippen molar-refractivity contribution in [1.82, 2.24) is 0 Å². The summed E-state index contributed by atoms with van der Waals surface area (Å²) in [4.78, 5) is 0. The lowest BCUT2D eigenvalue weighted by atomic mass is 10.1. The molecule has 0 aliphatic carbocycles. The highest BCUT2D eigenvalue weighted by Gasteiger charge is 2.10. The third kappa shape index (κ3) is 1.10.